The second-order valence-corrected chi connectivity index (χ2v) is 8.13. The van der Waals surface area contributed by atoms with E-state index < -0.39 is 0 Å². The van der Waals surface area contributed by atoms with Crippen molar-refractivity contribution < 1.29 is 4.74 Å². The molecule has 4 rings (SSSR count). The predicted molar refractivity (Wildman–Crippen MR) is 115 cm³/mol. The number of ether oxygens (including phenoxy) is 1. The molecule has 1 N–H and O–H groups in total. The Morgan fingerprint density at radius 1 is 1.17 bits per heavy atom. The molecule has 0 bridgehead atoms. The number of hydrogen-bond donors (Lipinski definition) is 1. The molecule has 8 heteroatoms. The average Bonchev–Trinajstić information content (AvgIpc) is 3.44. The zero-order chi connectivity index (χ0) is 21.4. The number of aromatic nitrogens is 5. The first-order chi connectivity index (χ1) is 14.3. The molecule has 30 heavy (non-hydrogen) atoms. The van der Waals surface area contributed by atoms with E-state index in [1.807, 2.05) is 38.7 Å². The smallest absolute Gasteiger partial charge is 0.290 e. The van der Waals surface area contributed by atoms with E-state index in [2.05, 4.69) is 32.6 Å². The van der Waals surface area contributed by atoms with Crippen molar-refractivity contribution in [3.05, 3.63) is 63.0 Å². The number of nitrogens with zero attached hydrogens (tertiary/aromatic N) is 5. The fraction of sp³-hybridized carbons (Fsp3) is 0.455. The summed E-state index contributed by atoms with van der Waals surface area (Å²) in [5.74, 6) is 1.31. The number of nitrogens with one attached hydrogen (secondary N) is 1. The van der Waals surface area contributed by atoms with Crippen molar-refractivity contribution in [2.45, 2.75) is 39.7 Å². The molecular formula is C22H28N6O2. The highest BCUT2D eigenvalue weighted by atomic mass is 16.5. The minimum Gasteiger partial charge on any atom is -0.476 e. The lowest BCUT2D eigenvalue weighted by molar-refractivity contribution is 0.278. The molecule has 0 unspecified atom stereocenters. The maximum atomic E-state index is 12.5. The third-order valence-electron chi connectivity index (χ3n) is 5.84. The molecule has 8 nitrogen and oxygen atoms in total. The predicted octanol–water partition coefficient (Wildman–Crippen LogP) is 2.63. The first-order valence-corrected chi connectivity index (χ1v) is 10.2. The van der Waals surface area contributed by atoms with Crippen LogP contribution in [-0.4, -0.2) is 31.2 Å². The lowest BCUT2D eigenvalue weighted by atomic mass is 10.2. The Kier molecular flexibility index (Phi) is 5.32. The third-order valence-corrected chi connectivity index (χ3v) is 5.84. The molecule has 1 aliphatic carbocycles. The van der Waals surface area contributed by atoms with E-state index in [-0.39, 0.29) is 5.56 Å². The molecule has 2 atom stereocenters. The Morgan fingerprint density at radius 3 is 2.63 bits per heavy atom. The zero-order valence-electron chi connectivity index (χ0n) is 18.1. The lowest BCUT2D eigenvalue weighted by Crippen LogP contribution is -2.24. The van der Waals surface area contributed by atoms with Gasteiger partial charge in [0.2, 0.25) is 5.88 Å². The van der Waals surface area contributed by atoms with Crippen molar-refractivity contribution in [2.75, 3.05) is 11.9 Å². The second kappa shape index (κ2) is 7.93. The van der Waals surface area contributed by atoms with Crippen molar-refractivity contribution in [3.63, 3.8) is 0 Å². The maximum absolute atomic E-state index is 12.5. The summed E-state index contributed by atoms with van der Waals surface area (Å²) >= 11 is 0. The first kappa shape index (κ1) is 20.1. The van der Waals surface area contributed by atoms with Crippen molar-refractivity contribution >= 4 is 5.69 Å². The van der Waals surface area contributed by atoms with Gasteiger partial charge in [0, 0.05) is 61.7 Å². The van der Waals surface area contributed by atoms with Crippen LogP contribution in [0.1, 0.15) is 40.5 Å². The molecule has 1 saturated carbocycles. The topological polar surface area (TPSA) is 86.9 Å². The van der Waals surface area contributed by atoms with Gasteiger partial charge in [0.05, 0.1) is 12.3 Å². The highest BCUT2D eigenvalue weighted by Crippen LogP contribution is 2.46. The molecule has 158 valence electrons. The van der Waals surface area contributed by atoms with E-state index in [9.17, 15) is 4.79 Å². The van der Waals surface area contributed by atoms with Crippen molar-refractivity contribution in [3.8, 4) is 5.88 Å². The van der Waals surface area contributed by atoms with Gasteiger partial charge in [-0.15, -0.1) is 5.10 Å². The van der Waals surface area contributed by atoms with Crippen LogP contribution in [0.5, 0.6) is 5.88 Å². The third kappa shape index (κ3) is 4.08. The van der Waals surface area contributed by atoms with Crippen molar-refractivity contribution in [1.29, 1.82) is 0 Å². The standard InChI is InChI=1S/C22H28N6O2/c1-13-6-7-19(23-10-13)17-8-16(17)12-30-21-9-20(22(29)28(5)26-21)24-11-18-14(2)25-27(4)15(18)3/h6-7,9-10,16-17,24H,8,11-12H2,1-5H3/t16-,17+/m1/s1. The van der Waals surface area contributed by atoms with Gasteiger partial charge in [-0.1, -0.05) is 6.07 Å². The van der Waals surface area contributed by atoms with Crippen LogP contribution in [0.2, 0.25) is 0 Å². The first-order valence-electron chi connectivity index (χ1n) is 10.2. The fourth-order valence-corrected chi connectivity index (χ4v) is 3.72. The van der Waals surface area contributed by atoms with Gasteiger partial charge in [0.1, 0.15) is 5.69 Å². The molecule has 0 saturated heterocycles. The Labute approximate surface area is 175 Å². The van der Waals surface area contributed by atoms with Crippen LogP contribution < -0.4 is 15.6 Å². The molecule has 0 radical (unpaired) electrons. The van der Waals surface area contributed by atoms with Crippen molar-refractivity contribution in [1.82, 2.24) is 24.5 Å². The monoisotopic (exact) mass is 408 g/mol. The van der Waals surface area contributed by atoms with Gasteiger partial charge in [-0.3, -0.25) is 14.5 Å². The number of hydrogen-bond acceptors (Lipinski definition) is 6. The summed E-state index contributed by atoms with van der Waals surface area (Å²) in [7, 11) is 3.55. The van der Waals surface area contributed by atoms with E-state index >= 15 is 0 Å². The van der Waals surface area contributed by atoms with Gasteiger partial charge in [-0.25, -0.2) is 4.68 Å². The maximum Gasteiger partial charge on any atom is 0.290 e. The van der Waals surface area contributed by atoms with E-state index in [0.717, 1.165) is 29.1 Å². The summed E-state index contributed by atoms with van der Waals surface area (Å²) in [6, 6.07) is 5.87. The van der Waals surface area contributed by atoms with Gasteiger partial charge < -0.3 is 10.1 Å². The van der Waals surface area contributed by atoms with Crippen LogP contribution in [-0.2, 0) is 20.6 Å². The van der Waals surface area contributed by atoms with Gasteiger partial charge in [0.25, 0.3) is 5.56 Å². The Balaban J connectivity index is 1.41. The fourth-order valence-electron chi connectivity index (χ4n) is 3.72. The minimum atomic E-state index is -0.185. The van der Waals surface area contributed by atoms with E-state index in [0.29, 0.717) is 36.6 Å². The average molecular weight is 409 g/mol. The highest BCUT2D eigenvalue weighted by Gasteiger charge is 2.40. The number of pyridine rings is 1. The van der Waals surface area contributed by atoms with Crippen LogP contribution in [0.15, 0.2) is 29.2 Å². The molecule has 3 aromatic heterocycles. The molecule has 0 aromatic carbocycles. The lowest BCUT2D eigenvalue weighted by Gasteiger charge is -2.11. The van der Waals surface area contributed by atoms with Crippen LogP contribution in [0.4, 0.5) is 5.69 Å². The zero-order valence-corrected chi connectivity index (χ0v) is 18.1. The summed E-state index contributed by atoms with van der Waals surface area (Å²) in [6.45, 7) is 7.11. The van der Waals surface area contributed by atoms with E-state index in [1.54, 1.807) is 13.1 Å². The molecule has 0 spiro atoms. The summed E-state index contributed by atoms with van der Waals surface area (Å²) < 4.78 is 9.09. The normalized spacial score (nSPS) is 17.8. The summed E-state index contributed by atoms with van der Waals surface area (Å²) in [4.78, 5) is 17.0. The van der Waals surface area contributed by atoms with Crippen LogP contribution in [0.3, 0.4) is 0 Å². The molecule has 0 aliphatic heterocycles. The highest BCUT2D eigenvalue weighted by molar-refractivity contribution is 5.44. The number of anilines is 1. The molecule has 1 aliphatic rings. The SMILES string of the molecule is Cc1ccc([C@H]2C[C@@H]2COc2cc(NCc3c(C)nn(C)c3C)c(=O)n(C)n2)nc1. The summed E-state index contributed by atoms with van der Waals surface area (Å²) in [5, 5.41) is 11.9. The number of rotatable bonds is 7. The van der Waals surface area contributed by atoms with Crippen molar-refractivity contribution in [2.24, 2.45) is 20.0 Å². The van der Waals surface area contributed by atoms with E-state index in [4.69, 9.17) is 4.74 Å². The van der Waals surface area contributed by atoms with Crippen LogP contribution in [0, 0.1) is 26.7 Å². The quantitative estimate of drug-likeness (QED) is 0.647. The summed E-state index contributed by atoms with van der Waals surface area (Å²) in [6.07, 6.45) is 2.97. The number of aryl methyl sites for hydroxylation is 4. The Morgan fingerprint density at radius 2 is 1.97 bits per heavy atom. The molecule has 3 heterocycles. The van der Waals surface area contributed by atoms with Gasteiger partial charge in [-0.2, -0.15) is 5.10 Å². The largest absolute Gasteiger partial charge is 0.476 e. The van der Waals surface area contributed by atoms with Gasteiger partial charge >= 0.3 is 0 Å². The van der Waals surface area contributed by atoms with Gasteiger partial charge in [-0.05, 0) is 38.8 Å². The molecule has 1 fully saturated rings. The van der Waals surface area contributed by atoms with Gasteiger partial charge in [0.15, 0.2) is 0 Å². The minimum absolute atomic E-state index is 0.185. The van der Waals surface area contributed by atoms with E-state index in [1.165, 1.54) is 10.2 Å². The second-order valence-electron chi connectivity index (χ2n) is 8.13. The molecule has 3 aromatic rings. The Bertz CT molecular complexity index is 1120. The van der Waals surface area contributed by atoms with Crippen LogP contribution >= 0.6 is 0 Å². The molecule has 0 amide bonds. The summed E-state index contributed by atoms with van der Waals surface area (Å²) in [5.41, 5.74) is 5.68. The van der Waals surface area contributed by atoms with Crippen LogP contribution in [0.25, 0.3) is 0 Å². The molecular weight excluding hydrogens is 380 g/mol. The Hall–Kier alpha value is -3.16.